The van der Waals surface area contributed by atoms with E-state index in [1.807, 2.05) is 0 Å². The highest BCUT2D eigenvalue weighted by atomic mass is 16.3. The SMILES string of the molecule is OC1CCN(C2CCCCCCC2)CC1. The van der Waals surface area contributed by atoms with Crippen molar-refractivity contribution in [2.24, 2.45) is 0 Å². The smallest absolute Gasteiger partial charge is 0.0564 e. The Morgan fingerprint density at radius 2 is 1.27 bits per heavy atom. The summed E-state index contributed by atoms with van der Waals surface area (Å²) in [6, 6.07) is 0.831. The molecule has 1 N–H and O–H groups in total. The number of hydrogen-bond acceptors (Lipinski definition) is 2. The fourth-order valence-electron chi connectivity index (χ4n) is 3.05. The van der Waals surface area contributed by atoms with Crippen LogP contribution in [0.15, 0.2) is 0 Å². The lowest BCUT2D eigenvalue weighted by molar-refractivity contribution is 0.0535. The number of aliphatic hydroxyl groups excluding tert-OH is 1. The first-order valence-electron chi connectivity index (χ1n) is 6.78. The summed E-state index contributed by atoms with van der Waals surface area (Å²) in [5.74, 6) is 0. The van der Waals surface area contributed by atoms with Crippen molar-refractivity contribution in [3.8, 4) is 0 Å². The zero-order chi connectivity index (χ0) is 10.5. The van der Waals surface area contributed by atoms with Gasteiger partial charge in [-0.3, -0.25) is 0 Å². The summed E-state index contributed by atoms with van der Waals surface area (Å²) in [5, 5.41) is 9.50. The van der Waals surface area contributed by atoms with Crippen LogP contribution in [-0.2, 0) is 0 Å². The minimum atomic E-state index is -0.0187. The molecule has 0 aromatic heterocycles. The molecule has 0 radical (unpaired) electrons. The minimum absolute atomic E-state index is 0.0187. The van der Waals surface area contributed by atoms with Gasteiger partial charge >= 0.3 is 0 Å². The molecule has 0 atom stereocenters. The van der Waals surface area contributed by atoms with Crippen LogP contribution >= 0.6 is 0 Å². The van der Waals surface area contributed by atoms with E-state index in [4.69, 9.17) is 0 Å². The number of likely N-dealkylation sites (tertiary alicyclic amines) is 1. The average molecular weight is 211 g/mol. The highest BCUT2D eigenvalue weighted by Crippen LogP contribution is 2.24. The Labute approximate surface area is 93.7 Å². The molecule has 0 spiro atoms. The molecule has 2 heteroatoms. The summed E-state index contributed by atoms with van der Waals surface area (Å²) in [6.45, 7) is 2.26. The van der Waals surface area contributed by atoms with Crippen LogP contribution in [0.3, 0.4) is 0 Å². The summed E-state index contributed by atoms with van der Waals surface area (Å²) < 4.78 is 0. The molecule has 0 aromatic rings. The van der Waals surface area contributed by atoms with Gasteiger partial charge in [-0.2, -0.15) is 0 Å². The van der Waals surface area contributed by atoms with Crippen LogP contribution in [0.1, 0.15) is 57.8 Å². The maximum Gasteiger partial charge on any atom is 0.0564 e. The molecule has 1 saturated heterocycles. The first kappa shape index (κ1) is 11.4. The van der Waals surface area contributed by atoms with Crippen LogP contribution in [0.2, 0.25) is 0 Å². The predicted octanol–water partition coefficient (Wildman–Crippen LogP) is 2.56. The van der Waals surface area contributed by atoms with Crippen LogP contribution in [0.4, 0.5) is 0 Å². The van der Waals surface area contributed by atoms with Gasteiger partial charge in [-0.05, 0) is 25.7 Å². The average Bonchev–Trinajstić information content (AvgIpc) is 2.19. The summed E-state index contributed by atoms with van der Waals surface area (Å²) >= 11 is 0. The van der Waals surface area contributed by atoms with Crippen LogP contribution < -0.4 is 0 Å². The Bertz CT molecular complexity index is 167. The summed E-state index contributed by atoms with van der Waals surface area (Å²) in [7, 11) is 0. The standard InChI is InChI=1S/C13H25NO/c15-13-8-10-14(11-9-13)12-6-4-2-1-3-5-7-12/h12-13,15H,1-11H2. The Morgan fingerprint density at radius 3 is 1.87 bits per heavy atom. The molecule has 2 rings (SSSR count). The predicted molar refractivity (Wildman–Crippen MR) is 62.9 cm³/mol. The van der Waals surface area contributed by atoms with Gasteiger partial charge in [0.2, 0.25) is 0 Å². The van der Waals surface area contributed by atoms with Gasteiger partial charge in [0.15, 0.2) is 0 Å². The Kier molecular flexibility index (Phi) is 4.45. The van der Waals surface area contributed by atoms with Gasteiger partial charge in [-0.25, -0.2) is 0 Å². The number of piperidine rings is 1. The molecule has 0 bridgehead atoms. The van der Waals surface area contributed by atoms with Gasteiger partial charge in [0.1, 0.15) is 0 Å². The van der Waals surface area contributed by atoms with Crippen molar-refractivity contribution in [2.45, 2.75) is 69.9 Å². The first-order valence-corrected chi connectivity index (χ1v) is 6.78. The molecule has 15 heavy (non-hydrogen) atoms. The quantitative estimate of drug-likeness (QED) is 0.720. The van der Waals surface area contributed by atoms with E-state index in [9.17, 15) is 5.11 Å². The molecular formula is C13H25NO. The molecule has 1 aliphatic carbocycles. The second-order valence-electron chi connectivity index (χ2n) is 5.27. The van der Waals surface area contributed by atoms with Crippen LogP contribution in [-0.4, -0.2) is 35.2 Å². The topological polar surface area (TPSA) is 23.5 Å². The van der Waals surface area contributed by atoms with Gasteiger partial charge in [0.05, 0.1) is 6.10 Å². The molecule has 2 nitrogen and oxygen atoms in total. The van der Waals surface area contributed by atoms with Gasteiger partial charge in [0.25, 0.3) is 0 Å². The largest absolute Gasteiger partial charge is 0.393 e. The van der Waals surface area contributed by atoms with Crippen LogP contribution in [0.25, 0.3) is 0 Å². The molecule has 1 aliphatic heterocycles. The summed E-state index contributed by atoms with van der Waals surface area (Å²) in [6.07, 6.45) is 11.9. The zero-order valence-electron chi connectivity index (χ0n) is 9.83. The van der Waals surface area contributed by atoms with E-state index in [1.165, 1.54) is 44.9 Å². The molecular weight excluding hydrogens is 186 g/mol. The molecule has 0 amide bonds. The monoisotopic (exact) mass is 211 g/mol. The number of hydrogen-bond donors (Lipinski definition) is 1. The van der Waals surface area contributed by atoms with Crippen molar-refractivity contribution >= 4 is 0 Å². The van der Waals surface area contributed by atoms with E-state index in [-0.39, 0.29) is 6.10 Å². The van der Waals surface area contributed by atoms with Gasteiger partial charge in [-0.15, -0.1) is 0 Å². The van der Waals surface area contributed by atoms with Crippen molar-refractivity contribution < 1.29 is 5.11 Å². The Balaban J connectivity index is 1.79. The lowest BCUT2D eigenvalue weighted by Gasteiger charge is -2.37. The van der Waals surface area contributed by atoms with Crippen molar-refractivity contribution in [3.05, 3.63) is 0 Å². The lowest BCUT2D eigenvalue weighted by Crippen LogP contribution is -2.43. The van der Waals surface area contributed by atoms with E-state index in [0.717, 1.165) is 32.0 Å². The molecule has 0 aromatic carbocycles. The van der Waals surface area contributed by atoms with Gasteiger partial charge in [-0.1, -0.05) is 32.1 Å². The molecule has 2 fully saturated rings. The fourth-order valence-corrected chi connectivity index (χ4v) is 3.05. The minimum Gasteiger partial charge on any atom is -0.393 e. The van der Waals surface area contributed by atoms with Crippen LogP contribution in [0, 0.1) is 0 Å². The second-order valence-corrected chi connectivity index (χ2v) is 5.27. The number of nitrogens with zero attached hydrogens (tertiary/aromatic N) is 1. The molecule has 1 heterocycles. The van der Waals surface area contributed by atoms with Crippen molar-refractivity contribution in [1.82, 2.24) is 4.90 Å². The highest BCUT2D eigenvalue weighted by molar-refractivity contribution is 4.79. The summed E-state index contributed by atoms with van der Waals surface area (Å²) in [5.41, 5.74) is 0. The highest BCUT2D eigenvalue weighted by Gasteiger charge is 2.23. The number of rotatable bonds is 1. The molecule has 2 aliphatic rings. The van der Waals surface area contributed by atoms with Crippen molar-refractivity contribution in [3.63, 3.8) is 0 Å². The second kappa shape index (κ2) is 5.86. The van der Waals surface area contributed by atoms with E-state index in [1.54, 1.807) is 0 Å². The van der Waals surface area contributed by atoms with Gasteiger partial charge in [0, 0.05) is 19.1 Å². The van der Waals surface area contributed by atoms with E-state index in [0.29, 0.717) is 0 Å². The van der Waals surface area contributed by atoms with E-state index < -0.39 is 0 Å². The first-order chi connectivity index (χ1) is 7.36. The lowest BCUT2D eigenvalue weighted by atomic mass is 9.94. The third-order valence-electron chi connectivity index (χ3n) is 4.09. The normalized spacial score (nSPS) is 28.6. The van der Waals surface area contributed by atoms with Crippen LogP contribution in [0.5, 0.6) is 0 Å². The third kappa shape index (κ3) is 3.46. The number of aliphatic hydroxyl groups is 1. The molecule has 1 saturated carbocycles. The Morgan fingerprint density at radius 1 is 0.733 bits per heavy atom. The van der Waals surface area contributed by atoms with E-state index in [2.05, 4.69) is 4.90 Å². The van der Waals surface area contributed by atoms with Crippen molar-refractivity contribution in [2.75, 3.05) is 13.1 Å². The molecule has 0 unspecified atom stereocenters. The van der Waals surface area contributed by atoms with Crippen molar-refractivity contribution in [1.29, 1.82) is 0 Å². The Hall–Kier alpha value is -0.0800. The third-order valence-corrected chi connectivity index (χ3v) is 4.09. The maximum atomic E-state index is 9.50. The van der Waals surface area contributed by atoms with Gasteiger partial charge < -0.3 is 10.0 Å². The van der Waals surface area contributed by atoms with E-state index >= 15 is 0 Å². The zero-order valence-corrected chi connectivity index (χ0v) is 9.83. The molecule has 88 valence electrons. The summed E-state index contributed by atoms with van der Waals surface area (Å²) in [4.78, 5) is 2.64. The fraction of sp³-hybridized carbons (Fsp3) is 1.00. The maximum absolute atomic E-state index is 9.50.